The van der Waals surface area contributed by atoms with Gasteiger partial charge in [0.1, 0.15) is 0 Å². The molecule has 26 heavy (non-hydrogen) atoms. The smallest absolute Gasteiger partial charge is 0.335 e. The first-order valence-corrected chi connectivity index (χ1v) is 7.28. The highest BCUT2D eigenvalue weighted by Crippen LogP contribution is 2.17. The van der Waals surface area contributed by atoms with E-state index in [-0.39, 0.29) is 32.8 Å². The molecule has 0 saturated heterocycles. The van der Waals surface area contributed by atoms with Gasteiger partial charge in [0.15, 0.2) is 0 Å². The molecule has 0 heterocycles. The number of nitrogens with two attached hydrogens (primary N) is 2. The minimum absolute atomic E-state index is 0. The van der Waals surface area contributed by atoms with Crippen LogP contribution in [-0.2, 0) is 13.1 Å². The zero-order valence-corrected chi connectivity index (χ0v) is 14.8. The van der Waals surface area contributed by atoms with E-state index in [2.05, 4.69) is 0 Å². The summed E-state index contributed by atoms with van der Waals surface area (Å²) in [5, 5.41) is 18.0. The number of hydrogen-bond donors (Lipinski definition) is 3. The Balaban J connectivity index is -0.000000366. The first-order valence-electron chi connectivity index (χ1n) is 6.53. The topological polar surface area (TPSA) is 113 Å². The SMILES string of the molecule is C.C.Cl.N#Cc1ccc(CN)c(Cl)c1.NCc1ccc(C(=O)O)cc1Cl. The molecule has 144 valence electrons. The molecule has 0 aliphatic rings. The molecule has 0 saturated carbocycles. The van der Waals surface area contributed by atoms with Crippen LogP contribution in [0.15, 0.2) is 36.4 Å². The molecular formula is C18H24Cl3N3O2. The van der Waals surface area contributed by atoms with E-state index in [1.165, 1.54) is 12.1 Å². The molecule has 0 amide bonds. The van der Waals surface area contributed by atoms with Gasteiger partial charge in [0.25, 0.3) is 0 Å². The van der Waals surface area contributed by atoms with Gasteiger partial charge in [-0.3, -0.25) is 0 Å². The van der Waals surface area contributed by atoms with Crippen molar-refractivity contribution in [2.24, 2.45) is 11.5 Å². The van der Waals surface area contributed by atoms with Crippen LogP contribution in [0.25, 0.3) is 0 Å². The van der Waals surface area contributed by atoms with E-state index in [0.717, 1.165) is 11.1 Å². The summed E-state index contributed by atoms with van der Waals surface area (Å²) in [7, 11) is 0. The van der Waals surface area contributed by atoms with Crippen LogP contribution in [-0.4, -0.2) is 11.1 Å². The highest BCUT2D eigenvalue weighted by atomic mass is 35.5. The molecule has 0 fully saturated rings. The summed E-state index contributed by atoms with van der Waals surface area (Å²) in [5.74, 6) is -0.986. The number of benzene rings is 2. The average Bonchev–Trinajstić information content (AvgIpc) is 2.55. The number of nitrogens with zero attached hydrogens (tertiary/aromatic N) is 1. The lowest BCUT2D eigenvalue weighted by Crippen LogP contribution is -2.00. The van der Waals surface area contributed by atoms with Gasteiger partial charge in [0.05, 0.1) is 17.2 Å². The second-order valence-corrected chi connectivity index (χ2v) is 5.25. The van der Waals surface area contributed by atoms with E-state index in [0.29, 0.717) is 28.7 Å². The van der Waals surface area contributed by atoms with E-state index in [1.807, 2.05) is 6.07 Å². The largest absolute Gasteiger partial charge is 0.478 e. The Morgan fingerprint density at radius 1 is 1.00 bits per heavy atom. The molecule has 5 nitrogen and oxygen atoms in total. The van der Waals surface area contributed by atoms with Crippen LogP contribution in [0, 0.1) is 11.3 Å². The van der Waals surface area contributed by atoms with E-state index in [4.69, 9.17) is 45.0 Å². The molecule has 0 radical (unpaired) electrons. The molecule has 8 heteroatoms. The number of nitriles is 1. The van der Waals surface area contributed by atoms with Crippen molar-refractivity contribution in [1.29, 1.82) is 5.26 Å². The molecule has 5 N–H and O–H groups in total. The number of carbonyl (C=O) groups is 1. The van der Waals surface area contributed by atoms with Crippen LogP contribution in [0.5, 0.6) is 0 Å². The lowest BCUT2D eigenvalue weighted by molar-refractivity contribution is 0.0697. The van der Waals surface area contributed by atoms with Crippen LogP contribution in [0.3, 0.4) is 0 Å². The minimum atomic E-state index is -0.986. The summed E-state index contributed by atoms with van der Waals surface area (Å²) in [6, 6.07) is 11.6. The molecule has 2 rings (SSSR count). The first kappa shape index (κ1) is 29.0. The highest BCUT2D eigenvalue weighted by Gasteiger charge is 2.05. The van der Waals surface area contributed by atoms with Crippen LogP contribution < -0.4 is 11.5 Å². The predicted molar refractivity (Wildman–Crippen MR) is 111 cm³/mol. The molecule has 0 spiro atoms. The Kier molecular flexibility index (Phi) is 16.0. The summed E-state index contributed by atoms with van der Waals surface area (Å²) in [6.07, 6.45) is 0. The fourth-order valence-corrected chi connectivity index (χ4v) is 2.14. The summed E-state index contributed by atoms with van der Waals surface area (Å²) >= 11 is 11.5. The van der Waals surface area contributed by atoms with Crippen LogP contribution in [0.4, 0.5) is 0 Å². The third-order valence-corrected chi connectivity index (χ3v) is 3.63. The maximum absolute atomic E-state index is 10.5. The second kappa shape index (κ2) is 14.4. The van der Waals surface area contributed by atoms with Crippen LogP contribution >= 0.6 is 35.6 Å². The van der Waals surface area contributed by atoms with Gasteiger partial charge in [-0.1, -0.05) is 50.2 Å². The fraction of sp³-hybridized carbons (Fsp3) is 0.222. The third-order valence-electron chi connectivity index (χ3n) is 2.92. The van der Waals surface area contributed by atoms with E-state index < -0.39 is 5.97 Å². The number of rotatable bonds is 3. The van der Waals surface area contributed by atoms with Crippen molar-refractivity contribution in [2.75, 3.05) is 0 Å². The third kappa shape index (κ3) is 8.52. The van der Waals surface area contributed by atoms with Gasteiger partial charge >= 0.3 is 5.97 Å². The quantitative estimate of drug-likeness (QED) is 0.656. The number of hydrogen-bond acceptors (Lipinski definition) is 4. The fourth-order valence-electron chi connectivity index (χ4n) is 1.63. The van der Waals surface area contributed by atoms with Crippen molar-refractivity contribution in [3.63, 3.8) is 0 Å². The maximum Gasteiger partial charge on any atom is 0.335 e. The normalized spacial score (nSPS) is 8.42. The number of carboxylic acids is 1. The van der Waals surface area contributed by atoms with Gasteiger partial charge < -0.3 is 16.6 Å². The summed E-state index contributed by atoms with van der Waals surface area (Å²) in [5.41, 5.74) is 13.1. The number of carboxylic acid groups (broad SMARTS) is 1. The monoisotopic (exact) mass is 419 g/mol. The van der Waals surface area contributed by atoms with Gasteiger partial charge in [-0.2, -0.15) is 5.26 Å². The Morgan fingerprint density at radius 3 is 1.81 bits per heavy atom. The average molecular weight is 421 g/mol. The zero-order valence-electron chi connectivity index (χ0n) is 12.5. The summed E-state index contributed by atoms with van der Waals surface area (Å²) < 4.78 is 0. The second-order valence-electron chi connectivity index (χ2n) is 4.44. The van der Waals surface area contributed by atoms with Gasteiger partial charge in [-0.25, -0.2) is 4.79 Å². The maximum atomic E-state index is 10.5. The van der Waals surface area contributed by atoms with Crippen LogP contribution in [0.2, 0.25) is 10.0 Å². The Morgan fingerprint density at radius 2 is 1.46 bits per heavy atom. The van der Waals surface area contributed by atoms with Crippen LogP contribution in [0.1, 0.15) is 41.9 Å². The predicted octanol–water partition coefficient (Wildman–Crippen LogP) is 4.86. The minimum Gasteiger partial charge on any atom is -0.478 e. The van der Waals surface area contributed by atoms with E-state index in [9.17, 15) is 4.79 Å². The summed E-state index contributed by atoms with van der Waals surface area (Å²) in [4.78, 5) is 10.5. The molecule has 0 unspecified atom stereocenters. The molecule has 0 aliphatic carbocycles. The number of halogens is 3. The van der Waals surface area contributed by atoms with E-state index >= 15 is 0 Å². The van der Waals surface area contributed by atoms with Crippen molar-refractivity contribution >= 4 is 41.6 Å². The molecule has 0 atom stereocenters. The Labute approximate surface area is 170 Å². The highest BCUT2D eigenvalue weighted by molar-refractivity contribution is 6.31. The van der Waals surface area contributed by atoms with Crippen molar-refractivity contribution in [2.45, 2.75) is 27.9 Å². The van der Waals surface area contributed by atoms with E-state index in [1.54, 1.807) is 24.3 Å². The Bertz CT molecular complexity index is 747. The number of aromatic carboxylic acids is 1. The van der Waals surface area contributed by atoms with Crippen molar-refractivity contribution < 1.29 is 9.90 Å². The van der Waals surface area contributed by atoms with Gasteiger partial charge in [0, 0.05) is 23.1 Å². The first-order chi connectivity index (χ1) is 10.9. The van der Waals surface area contributed by atoms with Crippen molar-refractivity contribution in [3.8, 4) is 6.07 Å². The van der Waals surface area contributed by atoms with Gasteiger partial charge in [0.2, 0.25) is 0 Å². The van der Waals surface area contributed by atoms with Crippen molar-refractivity contribution in [1.82, 2.24) is 0 Å². The lowest BCUT2D eigenvalue weighted by atomic mass is 10.1. The standard InChI is InChI=1S/C8H7ClN2.C8H8ClNO2.2CH4.ClH/c9-8-3-6(4-10)1-2-7(8)5-11;9-7-3-5(8(11)12)1-2-6(7)4-10;;;/h1-3H,5,11H2;1-3H,4,10H2,(H,11,12);2*1H4;1H. The van der Waals surface area contributed by atoms with Crippen molar-refractivity contribution in [3.05, 3.63) is 68.7 Å². The van der Waals surface area contributed by atoms with Gasteiger partial charge in [-0.15, -0.1) is 12.4 Å². The zero-order chi connectivity index (χ0) is 17.4. The molecule has 0 bridgehead atoms. The molecular weight excluding hydrogens is 397 g/mol. The molecule has 0 aromatic heterocycles. The lowest BCUT2D eigenvalue weighted by Gasteiger charge is -2.00. The molecule has 2 aromatic rings. The Hall–Kier alpha value is -1.81. The molecule has 2 aromatic carbocycles. The van der Waals surface area contributed by atoms with Gasteiger partial charge in [-0.05, 0) is 35.4 Å². The summed E-state index contributed by atoms with van der Waals surface area (Å²) in [6.45, 7) is 0.725. The molecule has 0 aliphatic heterocycles.